The van der Waals surface area contributed by atoms with Gasteiger partial charge in [0.1, 0.15) is 19.3 Å². The molecular weight excluding hydrogens is 1280 g/mol. The van der Waals surface area contributed by atoms with Crippen LogP contribution in [0.4, 0.5) is 0 Å². The van der Waals surface area contributed by atoms with E-state index in [1.807, 2.05) is 0 Å². The Hall–Kier alpha value is -2.72. The Labute approximate surface area is 598 Å². The Morgan fingerprint density at radius 1 is 0.286 bits per heavy atom. The summed E-state index contributed by atoms with van der Waals surface area (Å²) >= 11 is 0. The van der Waals surface area contributed by atoms with Crippen molar-refractivity contribution in [1.29, 1.82) is 0 Å². The lowest BCUT2D eigenvalue weighted by molar-refractivity contribution is -0.161. The van der Waals surface area contributed by atoms with Crippen LogP contribution in [0.2, 0.25) is 0 Å². The molecule has 0 heterocycles. The summed E-state index contributed by atoms with van der Waals surface area (Å²) < 4.78 is 68.6. The highest BCUT2D eigenvalue weighted by Crippen LogP contribution is 2.45. The highest BCUT2D eigenvalue weighted by Gasteiger charge is 2.30. The van der Waals surface area contributed by atoms with E-state index in [9.17, 15) is 43.2 Å². The molecule has 2 unspecified atom stereocenters. The lowest BCUT2D eigenvalue weighted by atomic mass is 10.0. The van der Waals surface area contributed by atoms with Gasteiger partial charge in [0.05, 0.1) is 26.4 Å². The molecule has 576 valence electrons. The first-order chi connectivity index (χ1) is 47.7. The lowest BCUT2D eigenvalue weighted by Gasteiger charge is -2.21. The molecule has 3 N–H and O–H groups in total. The molecule has 19 heteroatoms. The number of esters is 4. The summed E-state index contributed by atoms with van der Waals surface area (Å²) in [6.45, 7) is 4.92. The first-order valence-electron chi connectivity index (χ1n) is 40.2. The third kappa shape index (κ3) is 71.7. The van der Waals surface area contributed by atoms with Crippen LogP contribution in [0.25, 0.3) is 0 Å². The fourth-order valence-corrected chi connectivity index (χ4v) is 13.0. The number of carbonyl (C=O) groups excluding carboxylic acids is 4. The fourth-order valence-electron chi connectivity index (χ4n) is 11.4. The second kappa shape index (κ2) is 72.6. The number of hydrogen-bond acceptors (Lipinski definition) is 15. The maximum atomic E-state index is 13.1. The first kappa shape index (κ1) is 95.3. The second-order valence-corrected chi connectivity index (χ2v) is 30.3. The van der Waals surface area contributed by atoms with Gasteiger partial charge >= 0.3 is 39.5 Å². The van der Waals surface area contributed by atoms with Gasteiger partial charge in [0.2, 0.25) is 0 Å². The Morgan fingerprint density at radius 3 is 0.786 bits per heavy atom. The molecule has 0 aliphatic carbocycles. The predicted molar refractivity (Wildman–Crippen MR) is 400 cm³/mol. The van der Waals surface area contributed by atoms with E-state index in [2.05, 4.69) is 64.2 Å². The monoisotopic (exact) mass is 1430 g/mol. The van der Waals surface area contributed by atoms with Crippen molar-refractivity contribution >= 4 is 39.5 Å². The molecule has 0 fully saturated rings. The highest BCUT2D eigenvalue weighted by atomic mass is 31.2. The number of ether oxygens (including phenoxy) is 4. The van der Waals surface area contributed by atoms with Gasteiger partial charge < -0.3 is 33.8 Å². The van der Waals surface area contributed by atoms with Crippen LogP contribution in [0.3, 0.4) is 0 Å². The maximum Gasteiger partial charge on any atom is 0.472 e. The number of hydrogen-bond donors (Lipinski definition) is 3. The van der Waals surface area contributed by atoms with Crippen molar-refractivity contribution in [2.75, 3.05) is 39.6 Å². The van der Waals surface area contributed by atoms with Gasteiger partial charge in [-0.3, -0.25) is 37.3 Å². The molecule has 0 saturated carbocycles. The van der Waals surface area contributed by atoms with Gasteiger partial charge in [-0.2, -0.15) is 0 Å². The topological polar surface area (TPSA) is 237 Å². The molecule has 17 nitrogen and oxygen atoms in total. The van der Waals surface area contributed by atoms with Gasteiger partial charge in [0.25, 0.3) is 0 Å². The SMILES string of the molecule is CCCCC/C=C\C/C=C\CCCCCCCC(=O)OC[C@H](COP(=O)(O)OC[C@@H](O)COP(=O)(O)OC[C@@H](COC(=O)CCCCCCCCCCCCCCC)OC(=O)CCCCCCC/C=C\CCCCCCCC)OC(=O)CCCCCCCCCCCCCCCCC. The zero-order valence-corrected chi connectivity index (χ0v) is 64.8. The van der Waals surface area contributed by atoms with Crippen LogP contribution in [0.15, 0.2) is 36.5 Å². The molecule has 0 aromatic rings. The van der Waals surface area contributed by atoms with Crippen molar-refractivity contribution in [1.82, 2.24) is 0 Å². The first-order valence-corrected chi connectivity index (χ1v) is 43.2. The van der Waals surface area contributed by atoms with E-state index in [0.717, 1.165) is 128 Å². The quantitative estimate of drug-likeness (QED) is 0.0169. The zero-order valence-electron chi connectivity index (χ0n) is 63.0. The highest BCUT2D eigenvalue weighted by molar-refractivity contribution is 7.47. The molecular formula is C79H148O17P2. The second-order valence-electron chi connectivity index (χ2n) is 27.4. The standard InChI is InChI=1S/C79H148O17P2/c1-5-9-13-17-21-25-29-33-36-40-44-48-52-56-60-64-77(82)90-70-75(96-79(84)66-62-58-54-50-46-42-38-35-31-27-23-19-15-11-7-3)72-94-98(87,88)92-68-73(80)67-91-97(85,86)93-71-74(69-89-76(81)63-59-55-51-47-43-39-32-28-24-20-16-12-8-4)95-78(83)65-61-57-53-49-45-41-37-34-30-26-22-18-14-10-6-2/h21,25,33-34,36-37,73-75,80H,5-20,22-24,26-32,35,38-72H2,1-4H3,(H,85,86)(H,87,88)/b25-21-,36-33-,37-34-/t73-,74+,75+/m0/s1. The molecule has 0 saturated heterocycles. The molecule has 0 aliphatic rings. The molecule has 0 bridgehead atoms. The van der Waals surface area contributed by atoms with Crippen LogP contribution in [-0.4, -0.2) is 96.7 Å². The summed E-state index contributed by atoms with van der Waals surface area (Å²) in [4.78, 5) is 72.9. The number of rotatable bonds is 77. The largest absolute Gasteiger partial charge is 0.472 e. The van der Waals surface area contributed by atoms with Crippen LogP contribution in [0.1, 0.15) is 387 Å². The summed E-state index contributed by atoms with van der Waals surface area (Å²) in [5.74, 6) is -2.15. The molecule has 0 aromatic carbocycles. The number of phosphoric ester groups is 2. The summed E-state index contributed by atoms with van der Waals surface area (Å²) in [6.07, 6.45) is 68.3. The van der Waals surface area contributed by atoms with Crippen molar-refractivity contribution in [3.05, 3.63) is 36.5 Å². The summed E-state index contributed by atoms with van der Waals surface area (Å²) in [6, 6.07) is 0. The minimum atomic E-state index is -4.97. The van der Waals surface area contributed by atoms with Gasteiger partial charge in [-0.25, -0.2) is 9.13 Å². The number of allylic oxidation sites excluding steroid dienone is 6. The van der Waals surface area contributed by atoms with Crippen molar-refractivity contribution in [3.8, 4) is 0 Å². The Bertz CT molecular complexity index is 2000. The Kier molecular flexibility index (Phi) is 70.6. The number of phosphoric acid groups is 2. The molecule has 0 aromatic heterocycles. The summed E-state index contributed by atoms with van der Waals surface area (Å²) in [7, 11) is -9.93. The van der Waals surface area contributed by atoms with Crippen molar-refractivity contribution < 1.29 is 80.2 Å². The van der Waals surface area contributed by atoms with E-state index in [-0.39, 0.29) is 25.7 Å². The van der Waals surface area contributed by atoms with Crippen LogP contribution >= 0.6 is 15.6 Å². The third-order valence-electron chi connectivity index (χ3n) is 17.6. The molecule has 0 spiro atoms. The zero-order chi connectivity index (χ0) is 71.8. The molecule has 0 aliphatic heterocycles. The van der Waals surface area contributed by atoms with E-state index in [0.29, 0.717) is 25.7 Å². The van der Waals surface area contributed by atoms with Crippen LogP contribution in [-0.2, 0) is 65.4 Å². The maximum absolute atomic E-state index is 13.1. The fraction of sp³-hybridized carbons (Fsp3) is 0.873. The number of carbonyl (C=O) groups is 4. The molecule has 0 rings (SSSR count). The van der Waals surface area contributed by atoms with Crippen LogP contribution in [0.5, 0.6) is 0 Å². The average molecular weight is 1430 g/mol. The molecule has 0 amide bonds. The number of aliphatic hydroxyl groups is 1. The number of aliphatic hydroxyl groups excluding tert-OH is 1. The van der Waals surface area contributed by atoms with Gasteiger partial charge in [-0.15, -0.1) is 0 Å². The minimum absolute atomic E-state index is 0.0928. The molecule has 5 atom stereocenters. The third-order valence-corrected chi connectivity index (χ3v) is 19.5. The van der Waals surface area contributed by atoms with Gasteiger partial charge in [-0.05, 0) is 83.5 Å². The van der Waals surface area contributed by atoms with E-state index in [4.69, 9.17) is 37.0 Å². The van der Waals surface area contributed by atoms with E-state index >= 15 is 0 Å². The molecule has 98 heavy (non-hydrogen) atoms. The molecule has 0 radical (unpaired) electrons. The van der Waals surface area contributed by atoms with Gasteiger partial charge in [0, 0.05) is 25.7 Å². The van der Waals surface area contributed by atoms with E-state index in [1.165, 1.54) is 180 Å². The van der Waals surface area contributed by atoms with Crippen LogP contribution in [0, 0.1) is 0 Å². The van der Waals surface area contributed by atoms with Crippen molar-refractivity contribution in [3.63, 3.8) is 0 Å². The Balaban J connectivity index is 5.32. The Morgan fingerprint density at radius 2 is 0.500 bits per heavy atom. The average Bonchev–Trinajstić information content (AvgIpc) is 1.04. The summed E-state index contributed by atoms with van der Waals surface area (Å²) in [5.41, 5.74) is 0. The van der Waals surface area contributed by atoms with E-state index in [1.54, 1.807) is 0 Å². The number of unbranched alkanes of at least 4 members (excludes halogenated alkanes) is 45. The smallest absolute Gasteiger partial charge is 0.462 e. The van der Waals surface area contributed by atoms with Crippen molar-refractivity contribution in [2.24, 2.45) is 0 Å². The lowest BCUT2D eigenvalue weighted by Crippen LogP contribution is -2.30. The van der Waals surface area contributed by atoms with E-state index < -0.39 is 97.5 Å². The van der Waals surface area contributed by atoms with Crippen molar-refractivity contribution in [2.45, 2.75) is 406 Å². The normalized spacial score (nSPS) is 14.1. The van der Waals surface area contributed by atoms with Crippen LogP contribution < -0.4 is 0 Å². The van der Waals surface area contributed by atoms with Gasteiger partial charge in [0.15, 0.2) is 12.2 Å². The minimum Gasteiger partial charge on any atom is -0.462 e. The predicted octanol–water partition coefficient (Wildman–Crippen LogP) is 23.1. The van der Waals surface area contributed by atoms with Gasteiger partial charge in [-0.1, -0.05) is 315 Å². The summed E-state index contributed by atoms with van der Waals surface area (Å²) in [5, 5.41) is 10.6.